The highest BCUT2D eigenvalue weighted by atomic mass is 16.3. The van der Waals surface area contributed by atoms with Crippen LogP contribution in [0.2, 0.25) is 0 Å². The average molecular weight is 209 g/mol. The van der Waals surface area contributed by atoms with Crippen LogP contribution in [0.4, 0.5) is 0 Å². The lowest BCUT2D eigenvalue weighted by Gasteiger charge is -2.07. The Morgan fingerprint density at radius 1 is 1.73 bits per heavy atom. The SMILES string of the molecule is C=Cn1cc(CNCCC(O)CC)cn1. The summed E-state index contributed by atoms with van der Waals surface area (Å²) in [5.41, 5.74) is 1.13. The van der Waals surface area contributed by atoms with Crippen molar-refractivity contribution < 1.29 is 5.11 Å². The molecule has 84 valence electrons. The van der Waals surface area contributed by atoms with Crippen molar-refractivity contribution in [3.05, 3.63) is 24.5 Å². The lowest BCUT2D eigenvalue weighted by atomic mass is 10.2. The second-order valence-corrected chi connectivity index (χ2v) is 3.54. The van der Waals surface area contributed by atoms with E-state index in [1.54, 1.807) is 10.9 Å². The van der Waals surface area contributed by atoms with Crippen LogP contribution in [-0.2, 0) is 6.54 Å². The van der Waals surface area contributed by atoms with E-state index in [0.29, 0.717) is 0 Å². The fraction of sp³-hybridized carbons (Fsp3) is 0.545. The van der Waals surface area contributed by atoms with E-state index in [-0.39, 0.29) is 6.10 Å². The Bertz CT molecular complexity index is 296. The van der Waals surface area contributed by atoms with E-state index in [2.05, 4.69) is 17.0 Å². The van der Waals surface area contributed by atoms with Gasteiger partial charge in [0.25, 0.3) is 0 Å². The van der Waals surface area contributed by atoms with Crippen LogP contribution < -0.4 is 5.32 Å². The molecule has 0 bridgehead atoms. The first-order chi connectivity index (χ1) is 7.26. The molecule has 1 heterocycles. The van der Waals surface area contributed by atoms with Gasteiger partial charge >= 0.3 is 0 Å². The summed E-state index contributed by atoms with van der Waals surface area (Å²) in [4.78, 5) is 0. The highest BCUT2D eigenvalue weighted by Gasteiger charge is 2.00. The highest BCUT2D eigenvalue weighted by molar-refractivity contribution is 5.17. The van der Waals surface area contributed by atoms with Crippen molar-refractivity contribution in [2.75, 3.05) is 6.54 Å². The first-order valence-electron chi connectivity index (χ1n) is 5.30. The summed E-state index contributed by atoms with van der Waals surface area (Å²) in [6.45, 7) is 7.22. The van der Waals surface area contributed by atoms with Gasteiger partial charge in [0, 0.05) is 24.5 Å². The van der Waals surface area contributed by atoms with E-state index >= 15 is 0 Å². The summed E-state index contributed by atoms with van der Waals surface area (Å²) in [7, 11) is 0. The van der Waals surface area contributed by atoms with Crippen LogP contribution in [0.15, 0.2) is 19.0 Å². The molecule has 0 saturated carbocycles. The molecule has 1 atom stereocenters. The number of hydrogen-bond donors (Lipinski definition) is 2. The third-order valence-electron chi connectivity index (χ3n) is 2.30. The van der Waals surface area contributed by atoms with Crippen molar-refractivity contribution in [3.8, 4) is 0 Å². The van der Waals surface area contributed by atoms with E-state index in [0.717, 1.165) is 31.5 Å². The topological polar surface area (TPSA) is 50.1 Å². The van der Waals surface area contributed by atoms with Crippen molar-refractivity contribution in [2.24, 2.45) is 0 Å². The minimum absolute atomic E-state index is 0.187. The molecule has 4 nitrogen and oxygen atoms in total. The highest BCUT2D eigenvalue weighted by Crippen LogP contribution is 1.98. The van der Waals surface area contributed by atoms with Gasteiger partial charge in [0.15, 0.2) is 0 Å². The van der Waals surface area contributed by atoms with Crippen LogP contribution in [0.3, 0.4) is 0 Å². The fourth-order valence-corrected chi connectivity index (χ4v) is 1.27. The molecule has 1 rings (SSSR count). The molecule has 1 aromatic heterocycles. The van der Waals surface area contributed by atoms with E-state index in [9.17, 15) is 5.11 Å². The average Bonchev–Trinajstić information content (AvgIpc) is 2.72. The quantitative estimate of drug-likeness (QED) is 0.664. The lowest BCUT2D eigenvalue weighted by Crippen LogP contribution is -2.19. The zero-order valence-electron chi connectivity index (χ0n) is 9.19. The zero-order chi connectivity index (χ0) is 11.1. The number of nitrogens with zero attached hydrogens (tertiary/aromatic N) is 2. The molecule has 0 aliphatic heterocycles. The maximum absolute atomic E-state index is 9.33. The number of aliphatic hydroxyl groups excluding tert-OH is 1. The lowest BCUT2D eigenvalue weighted by molar-refractivity contribution is 0.159. The summed E-state index contributed by atoms with van der Waals surface area (Å²) in [5.74, 6) is 0. The van der Waals surface area contributed by atoms with Crippen LogP contribution in [0, 0.1) is 0 Å². The molecule has 0 aliphatic rings. The summed E-state index contributed by atoms with van der Waals surface area (Å²) < 4.78 is 1.68. The smallest absolute Gasteiger partial charge is 0.0549 e. The third kappa shape index (κ3) is 4.27. The summed E-state index contributed by atoms with van der Waals surface area (Å²) in [6.07, 6.45) is 6.82. The Morgan fingerprint density at radius 2 is 2.53 bits per heavy atom. The van der Waals surface area contributed by atoms with Crippen molar-refractivity contribution in [2.45, 2.75) is 32.4 Å². The molecule has 0 radical (unpaired) electrons. The van der Waals surface area contributed by atoms with Gasteiger partial charge in [0.05, 0.1) is 12.3 Å². The number of nitrogens with one attached hydrogen (secondary N) is 1. The van der Waals surface area contributed by atoms with Crippen molar-refractivity contribution in [1.29, 1.82) is 0 Å². The standard InChI is InChI=1S/C11H19N3O/c1-3-11(15)5-6-12-7-10-8-13-14(4-2)9-10/h4,8-9,11-12,15H,2-3,5-7H2,1H3. The van der Waals surface area contributed by atoms with E-state index in [1.807, 2.05) is 19.3 Å². The molecule has 15 heavy (non-hydrogen) atoms. The number of rotatable bonds is 7. The monoisotopic (exact) mass is 209 g/mol. The van der Waals surface area contributed by atoms with Gasteiger partial charge in [-0.3, -0.25) is 0 Å². The van der Waals surface area contributed by atoms with Gasteiger partial charge in [-0.25, -0.2) is 4.68 Å². The first kappa shape index (κ1) is 11.9. The van der Waals surface area contributed by atoms with Gasteiger partial charge in [-0.2, -0.15) is 5.10 Å². The molecular formula is C11H19N3O. The molecule has 0 saturated heterocycles. The van der Waals surface area contributed by atoms with Crippen molar-refractivity contribution >= 4 is 6.20 Å². The van der Waals surface area contributed by atoms with Crippen molar-refractivity contribution in [3.63, 3.8) is 0 Å². The second-order valence-electron chi connectivity index (χ2n) is 3.54. The van der Waals surface area contributed by atoms with Gasteiger partial charge in [0.1, 0.15) is 0 Å². The molecule has 1 unspecified atom stereocenters. The van der Waals surface area contributed by atoms with E-state index in [1.165, 1.54) is 0 Å². The predicted molar refractivity (Wildman–Crippen MR) is 61.2 cm³/mol. The Labute approximate surface area is 90.6 Å². The molecule has 0 spiro atoms. The Kier molecular flexibility index (Phi) is 5.07. The number of aliphatic hydroxyl groups is 1. The van der Waals surface area contributed by atoms with Gasteiger partial charge in [-0.1, -0.05) is 13.5 Å². The number of hydrogen-bond acceptors (Lipinski definition) is 3. The minimum Gasteiger partial charge on any atom is -0.393 e. The molecule has 1 aromatic rings. The molecular weight excluding hydrogens is 190 g/mol. The van der Waals surface area contributed by atoms with Gasteiger partial charge in [0.2, 0.25) is 0 Å². The Hall–Kier alpha value is -1.13. The summed E-state index contributed by atoms with van der Waals surface area (Å²) >= 11 is 0. The minimum atomic E-state index is -0.187. The predicted octanol–water partition coefficient (Wildman–Crippen LogP) is 1.23. The van der Waals surface area contributed by atoms with Crippen molar-refractivity contribution in [1.82, 2.24) is 15.1 Å². The fourth-order valence-electron chi connectivity index (χ4n) is 1.27. The first-order valence-corrected chi connectivity index (χ1v) is 5.30. The molecule has 0 aliphatic carbocycles. The molecule has 0 amide bonds. The van der Waals surface area contributed by atoms with Crippen LogP contribution in [-0.4, -0.2) is 27.5 Å². The Morgan fingerprint density at radius 3 is 3.13 bits per heavy atom. The van der Waals surface area contributed by atoms with Gasteiger partial charge in [-0.05, 0) is 19.4 Å². The summed E-state index contributed by atoms with van der Waals surface area (Å²) in [6, 6.07) is 0. The largest absolute Gasteiger partial charge is 0.393 e. The second kappa shape index (κ2) is 6.37. The normalized spacial score (nSPS) is 12.7. The number of aromatic nitrogens is 2. The molecule has 2 N–H and O–H groups in total. The van der Waals surface area contributed by atoms with Crippen LogP contribution in [0.1, 0.15) is 25.3 Å². The van der Waals surface area contributed by atoms with Crippen LogP contribution in [0.25, 0.3) is 6.20 Å². The Balaban J connectivity index is 2.17. The van der Waals surface area contributed by atoms with Crippen LogP contribution in [0.5, 0.6) is 0 Å². The maximum Gasteiger partial charge on any atom is 0.0549 e. The third-order valence-corrected chi connectivity index (χ3v) is 2.30. The summed E-state index contributed by atoms with van der Waals surface area (Å²) in [5, 5.41) is 16.7. The zero-order valence-corrected chi connectivity index (χ0v) is 9.19. The molecule has 4 heteroatoms. The maximum atomic E-state index is 9.33. The van der Waals surface area contributed by atoms with Gasteiger partial charge < -0.3 is 10.4 Å². The van der Waals surface area contributed by atoms with Crippen LogP contribution >= 0.6 is 0 Å². The van der Waals surface area contributed by atoms with E-state index < -0.39 is 0 Å². The van der Waals surface area contributed by atoms with Gasteiger partial charge in [-0.15, -0.1) is 0 Å². The molecule has 0 fully saturated rings. The molecule has 0 aromatic carbocycles. The van der Waals surface area contributed by atoms with E-state index in [4.69, 9.17) is 0 Å².